The van der Waals surface area contributed by atoms with E-state index in [1.165, 1.54) is 17.8 Å². The second-order valence-electron chi connectivity index (χ2n) is 4.29. The standard InChI is InChI=1S/C15H15FOS/c1-10-3-4-11(2)15(7-10)18-14-6-5-12(9-17)8-13(14)16/h3-8,17H,9H2,1-2H3. The molecule has 0 aliphatic rings. The van der Waals surface area contributed by atoms with E-state index in [4.69, 9.17) is 5.11 Å². The molecule has 0 amide bonds. The number of aliphatic hydroxyl groups excluding tert-OH is 1. The Kier molecular flexibility index (Phi) is 4.04. The van der Waals surface area contributed by atoms with Gasteiger partial charge in [0.05, 0.1) is 6.61 Å². The Hall–Kier alpha value is -1.32. The summed E-state index contributed by atoms with van der Waals surface area (Å²) in [5.41, 5.74) is 2.89. The lowest BCUT2D eigenvalue weighted by molar-refractivity contribution is 0.281. The van der Waals surface area contributed by atoms with E-state index in [-0.39, 0.29) is 12.4 Å². The third-order valence-electron chi connectivity index (χ3n) is 2.74. The molecule has 0 unspecified atom stereocenters. The molecule has 0 bridgehead atoms. The van der Waals surface area contributed by atoms with Crippen LogP contribution in [-0.2, 0) is 6.61 Å². The molecule has 0 spiro atoms. The number of hydrogen-bond donors (Lipinski definition) is 1. The number of hydrogen-bond acceptors (Lipinski definition) is 2. The number of rotatable bonds is 3. The van der Waals surface area contributed by atoms with Crippen LogP contribution < -0.4 is 0 Å². The van der Waals surface area contributed by atoms with Gasteiger partial charge in [0.15, 0.2) is 0 Å². The van der Waals surface area contributed by atoms with E-state index < -0.39 is 0 Å². The predicted octanol–water partition coefficient (Wildman–Crippen LogP) is 4.09. The lowest BCUT2D eigenvalue weighted by Gasteiger charge is -2.08. The van der Waals surface area contributed by atoms with Crippen LogP contribution in [-0.4, -0.2) is 5.11 Å². The summed E-state index contributed by atoms with van der Waals surface area (Å²) in [6.07, 6.45) is 0. The molecule has 0 atom stereocenters. The van der Waals surface area contributed by atoms with Crippen molar-refractivity contribution in [2.45, 2.75) is 30.2 Å². The zero-order valence-corrected chi connectivity index (χ0v) is 11.2. The largest absolute Gasteiger partial charge is 0.392 e. The first kappa shape index (κ1) is 13.1. The van der Waals surface area contributed by atoms with E-state index in [1.807, 2.05) is 26.0 Å². The fraction of sp³-hybridized carbons (Fsp3) is 0.200. The van der Waals surface area contributed by atoms with Gasteiger partial charge < -0.3 is 5.11 Å². The molecule has 0 aliphatic heterocycles. The molecule has 3 heteroatoms. The lowest BCUT2D eigenvalue weighted by Crippen LogP contribution is -1.88. The van der Waals surface area contributed by atoms with Gasteiger partial charge in [-0.1, -0.05) is 30.0 Å². The van der Waals surface area contributed by atoms with Gasteiger partial charge in [-0.2, -0.15) is 0 Å². The average molecular weight is 262 g/mol. The van der Waals surface area contributed by atoms with Crippen molar-refractivity contribution < 1.29 is 9.50 Å². The van der Waals surface area contributed by atoms with Crippen molar-refractivity contribution in [3.8, 4) is 0 Å². The number of aliphatic hydroxyl groups is 1. The maximum atomic E-state index is 13.8. The van der Waals surface area contributed by atoms with Crippen LogP contribution >= 0.6 is 11.8 Å². The normalized spacial score (nSPS) is 10.7. The highest BCUT2D eigenvalue weighted by atomic mass is 32.2. The quantitative estimate of drug-likeness (QED) is 0.899. The van der Waals surface area contributed by atoms with Crippen LogP contribution in [0.25, 0.3) is 0 Å². The second-order valence-corrected chi connectivity index (χ2v) is 5.38. The molecule has 0 saturated heterocycles. The van der Waals surface area contributed by atoms with Crippen LogP contribution in [0.4, 0.5) is 4.39 Å². The Bertz CT molecular complexity index is 566. The van der Waals surface area contributed by atoms with E-state index in [0.717, 1.165) is 16.0 Å². The van der Waals surface area contributed by atoms with Crippen molar-refractivity contribution in [3.05, 3.63) is 58.9 Å². The zero-order chi connectivity index (χ0) is 13.1. The first-order chi connectivity index (χ1) is 8.60. The van der Waals surface area contributed by atoms with E-state index >= 15 is 0 Å². The zero-order valence-electron chi connectivity index (χ0n) is 10.4. The number of halogens is 1. The highest BCUT2D eigenvalue weighted by molar-refractivity contribution is 7.99. The Morgan fingerprint density at radius 3 is 2.50 bits per heavy atom. The van der Waals surface area contributed by atoms with Gasteiger partial charge in [-0.3, -0.25) is 0 Å². The molecule has 0 aliphatic carbocycles. The monoisotopic (exact) mass is 262 g/mol. The molecule has 0 heterocycles. The first-order valence-corrected chi connectivity index (χ1v) is 6.56. The van der Waals surface area contributed by atoms with E-state index in [9.17, 15) is 4.39 Å². The third kappa shape index (κ3) is 2.92. The highest BCUT2D eigenvalue weighted by Gasteiger charge is 2.07. The molecule has 2 aromatic carbocycles. The summed E-state index contributed by atoms with van der Waals surface area (Å²) in [6.45, 7) is 3.90. The van der Waals surface area contributed by atoms with Gasteiger partial charge in [-0.25, -0.2) is 4.39 Å². The van der Waals surface area contributed by atoms with Crippen LogP contribution in [0.15, 0.2) is 46.2 Å². The molecular formula is C15H15FOS. The predicted molar refractivity (Wildman–Crippen MR) is 72.4 cm³/mol. The molecule has 0 saturated carbocycles. The van der Waals surface area contributed by atoms with Gasteiger partial charge in [0, 0.05) is 9.79 Å². The Labute approximate surface area is 111 Å². The van der Waals surface area contributed by atoms with Crippen LogP contribution in [0.1, 0.15) is 16.7 Å². The summed E-state index contributed by atoms with van der Waals surface area (Å²) >= 11 is 1.42. The van der Waals surface area contributed by atoms with E-state index in [1.54, 1.807) is 12.1 Å². The summed E-state index contributed by atoms with van der Waals surface area (Å²) in [6, 6.07) is 11.0. The van der Waals surface area contributed by atoms with E-state index in [2.05, 4.69) is 6.07 Å². The highest BCUT2D eigenvalue weighted by Crippen LogP contribution is 2.32. The fourth-order valence-electron chi connectivity index (χ4n) is 1.66. The molecule has 0 radical (unpaired) electrons. The van der Waals surface area contributed by atoms with Gasteiger partial charge in [-0.05, 0) is 48.7 Å². The SMILES string of the molecule is Cc1ccc(C)c(Sc2ccc(CO)cc2F)c1. The summed E-state index contributed by atoms with van der Waals surface area (Å²) in [5, 5.41) is 8.95. The summed E-state index contributed by atoms with van der Waals surface area (Å²) in [4.78, 5) is 1.64. The van der Waals surface area contributed by atoms with Gasteiger partial charge >= 0.3 is 0 Å². The van der Waals surface area contributed by atoms with Crippen LogP contribution in [0.5, 0.6) is 0 Å². The minimum Gasteiger partial charge on any atom is -0.392 e. The summed E-state index contributed by atoms with van der Waals surface area (Å²) in [5.74, 6) is -0.285. The van der Waals surface area contributed by atoms with Gasteiger partial charge in [0.25, 0.3) is 0 Å². The first-order valence-electron chi connectivity index (χ1n) is 5.74. The number of aryl methyl sites for hydroxylation is 2. The topological polar surface area (TPSA) is 20.2 Å². The molecule has 1 N–H and O–H groups in total. The molecule has 2 rings (SSSR count). The van der Waals surface area contributed by atoms with Crippen molar-refractivity contribution in [1.82, 2.24) is 0 Å². The summed E-state index contributed by atoms with van der Waals surface area (Å²) in [7, 11) is 0. The van der Waals surface area contributed by atoms with Gasteiger partial charge in [0.2, 0.25) is 0 Å². The molecule has 0 aromatic heterocycles. The lowest BCUT2D eigenvalue weighted by atomic mass is 10.2. The smallest absolute Gasteiger partial charge is 0.137 e. The van der Waals surface area contributed by atoms with Crippen molar-refractivity contribution in [2.75, 3.05) is 0 Å². The van der Waals surface area contributed by atoms with Crippen LogP contribution in [0.2, 0.25) is 0 Å². The van der Waals surface area contributed by atoms with Crippen molar-refractivity contribution in [3.63, 3.8) is 0 Å². The van der Waals surface area contributed by atoms with Crippen molar-refractivity contribution in [2.24, 2.45) is 0 Å². The molecule has 18 heavy (non-hydrogen) atoms. The van der Waals surface area contributed by atoms with Crippen molar-refractivity contribution >= 4 is 11.8 Å². The van der Waals surface area contributed by atoms with Crippen LogP contribution in [0.3, 0.4) is 0 Å². The average Bonchev–Trinajstić information content (AvgIpc) is 2.36. The molecule has 94 valence electrons. The minimum atomic E-state index is -0.285. The fourth-order valence-corrected chi connectivity index (χ4v) is 2.66. The Morgan fingerprint density at radius 2 is 1.83 bits per heavy atom. The summed E-state index contributed by atoms with van der Waals surface area (Å²) < 4.78 is 13.8. The molecule has 1 nitrogen and oxygen atoms in total. The molecular weight excluding hydrogens is 247 g/mol. The molecule has 0 fully saturated rings. The van der Waals surface area contributed by atoms with Gasteiger partial charge in [-0.15, -0.1) is 0 Å². The minimum absolute atomic E-state index is 0.134. The second kappa shape index (κ2) is 5.55. The maximum Gasteiger partial charge on any atom is 0.137 e. The van der Waals surface area contributed by atoms with Crippen LogP contribution in [0, 0.1) is 19.7 Å². The van der Waals surface area contributed by atoms with Gasteiger partial charge in [0.1, 0.15) is 5.82 Å². The van der Waals surface area contributed by atoms with E-state index in [0.29, 0.717) is 10.5 Å². The molecule has 2 aromatic rings. The Morgan fingerprint density at radius 1 is 1.06 bits per heavy atom. The van der Waals surface area contributed by atoms with Crippen molar-refractivity contribution in [1.29, 1.82) is 0 Å². The third-order valence-corrected chi connectivity index (χ3v) is 3.95. The Balaban J connectivity index is 2.31. The maximum absolute atomic E-state index is 13.8. The number of benzene rings is 2.